The molecule has 1 unspecified atom stereocenters. The van der Waals surface area contributed by atoms with Crippen molar-refractivity contribution >= 4 is 23.2 Å². The predicted octanol–water partition coefficient (Wildman–Crippen LogP) is 0.604. The van der Waals surface area contributed by atoms with Crippen molar-refractivity contribution in [2.45, 2.75) is 25.8 Å². The van der Waals surface area contributed by atoms with Crippen LogP contribution in [0.5, 0.6) is 0 Å². The van der Waals surface area contributed by atoms with E-state index in [0.29, 0.717) is 6.42 Å². The van der Waals surface area contributed by atoms with E-state index in [4.69, 9.17) is 5.84 Å². The smallest absolute Gasteiger partial charge is 0.256 e. The van der Waals surface area contributed by atoms with E-state index in [1.54, 1.807) is 4.90 Å². The first-order chi connectivity index (χ1) is 9.17. The molecule has 1 aromatic carbocycles. The molecule has 0 saturated heterocycles. The van der Waals surface area contributed by atoms with E-state index in [-0.39, 0.29) is 18.4 Å². The van der Waals surface area contributed by atoms with E-state index in [0.717, 1.165) is 17.8 Å². The van der Waals surface area contributed by atoms with Gasteiger partial charge < -0.3 is 10.2 Å². The zero-order chi connectivity index (χ0) is 13.8. The van der Waals surface area contributed by atoms with Gasteiger partial charge in [-0.1, -0.05) is 25.5 Å². The molecule has 1 atom stereocenters. The van der Waals surface area contributed by atoms with Crippen molar-refractivity contribution in [3.8, 4) is 0 Å². The second-order valence-electron chi connectivity index (χ2n) is 4.51. The highest BCUT2D eigenvalue weighted by Gasteiger charge is 2.31. The highest BCUT2D eigenvalue weighted by atomic mass is 16.2. The minimum atomic E-state index is -0.429. The van der Waals surface area contributed by atoms with E-state index in [9.17, 15) is 9.59 Å². The van der Waals surface area contributed by atoms with Gasteiger partial charge >= 0.3 is 0 Å². The molecule has 0 saturated carbocycles. The molecular formula is C13H18N4O2. The maximum Gasteiger partial charge on any atom is 0.256 e. The molecule has 0 fully saturated rings. The van der Waals surface area contributed by atoms with Gasteiger partial charge in [0.05, 0.1) is 17.9 Å². The Hall–Kier alpha value is -2.08. The molecule has 6 nitrogen and oxygen atoms in total. The minimum Gasteiger partial charge on any atom is -0.348 e. The average molecular weight is 262 g/mol. The minimum absolute atomic E-state index is 0.121. The predicted molar refractivity (Wildman–Crippen MR) is 73.4 cm³/mol. The first-order valence-electron chi connectivity index (χ1n) is 6.33. The molecule has 1 aliphatic heterocycles. The Morgan fingerprint density at radius 3 is 2.95 bits per heavy atom. The second kappa shape index (κ2) is 5.71. The van der Waals surface area contributed by atoms with E-state index in [2.05, 4.69) is 10.7 Å². The van der Waals surface area contributed by atoms with Gasteiger partial charge in [-0.05, 0) is 18.6 Å². The summed E-state index contributed by atoms with van der Waals surface area (Å²) < 4.78 is 0. The van der Waals surface area contributed by atoms with Gasteiger partial charge in [0.2, 0.25) is 5.91 Å². The van der Waals surface area contributed by atoms with E-state index < -0.39 is 6.04 Å². The van der Waals surface area contributed by atoms with Crippen LogP contribution in [0.3, 0.4) is 0 Å². The number of hydrazine groups is 1. The molecule has 4 N–H and O–H groups in total. The summed E-state index contributed by atoms with van der Waals surface area (Å²) in [7, 11) is 0. The Kier molecular flexibility index (Phi) is 4.01. The van der Waals surface area contributed by atoms with Crippen molar-refractivity contribution in [1.29, 1.82) is 0 Å². The summed E-state index contributed by atoms with van der Waals surface area (Å²) in [5, 5.41) is 2.80. The number of carbonyl (C=O) groups excluding carboxylic acids is 2. The number of hydrogen-bond acceptors (Lipinski definition) is 4. The number of nitrogens with two attached hydrogens (primary N) is 1. The maximum absolute atomic E-state index is 11.9. The largest absolute Gasteiger partial charge is 0.348 e. The molecule has 0 bridgehead atoms. The summed E-state index contributed by atoms with van der Waals surface area (Å²) in [6.07, 6.45) is 1.48. The number of carbonyl (C=O) groups is 2. The number of hydrogen-bond donors (Lipinski definition) is 3. The molecule has 2 rings (SSSR count). The van der Waals surface area contributed by atoms with Gasteiger partial charge in [-0.25, -0.2) is 5.84 Å². The van der Waals surface area contributed by atoms with Crippen molar-refractivity contribution in [3.05, 3.63) is 24.3 Å². The lowest BCUT2D eigenvalue weighted by molar-refractivity contribution is -0.122. The molecule has 19 heavy (non-hydrogen) atoms. The fourth-order valence-electron chi connectivity index (χ4n) is 2.34. The van der Waals surface area contributed by atoms with Crippen LogP contribution in [0.2, 0.25) is 0 Å². The SMILES string of the molecule is CCCC(C(=O)NN)N1CC(=O)Nc2ccccc21. The zero-order valence-electron chi connectivity index (χ0n) is 10.8. The third kappa shape index (κ3) is 2.68. The fourth-order valence-corrected chi connectivity index (χ4v) is 2.34. The van der Waals surface area contributed by atoms with Gasteiger partial charge in [0.25, 0.3) is 5.91 Å². The van der Waals surface area contributed by atoms with Gasteiger partial charge in [0.1, 0.15) is 6.04 Å². The molecule has 0 aliphatic carbocycles. The van der Waals surface area contributed by atoms with Crippen LogP contribution in [0.4, 0.5) is 11.4 Å². The third-order valence-corrected chi connectivity index (χ3v) is 3.18. The quantitative estimate of drug-likeness (QED) is 0.421. The summed E-state index contributed by atoms with van der Waals surface area (Å²) in [4.78, 5) is 25.5. The van der Waals surface area contributed by atoms with Gasteiger partial charge in [-0.3, -0.25) is 15.0 Å². The molecule has 1 heterocycles. The Morgan fingerprint density at radius 2 is 2.26 bits per heavy atom. The molecule has 0 radical (unpaired) electrons. The first-order valence-corrected chi connectivity index (χ1v) is 6.33. The standard InChI is InChI=1S/C13H18N4O2/c1-2-5-11(13(19)16-14)17-8-12(18)15-9-6-3-4-7-10(9)17/h3-4,6-7,11H,2,5,8,14H2,1H3,(H,15,18)(H,16,19). The molecular weight excluding hydrogens is 244 g/mol. The molecule has 1 aromatic rings. The van der Waals surface area contributed by atoms with Crippen molar-refractivity contribution in [1.82, 2.24) is 5.43 Å². The summed E-state index contributed by atoms with van der Waals surface area (Å²) >= 11 is 0. The summed E-state index contributed by atoms with van der Waals surface area (Å²) in [5.41, 5.74) is 3.76. The summed E-state index contributed by atoms with van der Waals surface area (Å²) in [6.45, 7) is 2.15. The Balaban J connectivity index is 2.36. The van der Waals surface area contributed by atoms with Crippen LogP contribution >= 0.6 is 0 Å². The van der Waals surface area contributed by atoms with Gasteiger partial charge in [-0.2, -0.15) is 0 Å². The number of fused-ring (bicyclic) bond motifs is 1. The van der Waals surface area contributed by atoms with Gasteiger partial charge in [0.15, 0.2) is 0 Å². The van der Waals surface area contributed by atoms with Crippen LogP contribution in [0, 0.1) is 0 Å². The normalized spacial score (nSPS) is 15.5. The lowest BCUT2D eigenvalue weighted by Crippen LogP contribution is -2.53. The van der Waals surface area contributed by atoms with Crippen molar-refractivity contribution < 1.29 is 9.59 Å². The van der Waals surface area contributed by atoms with Crippen LogP contribution < -0.4 is 21.5 Å². The molecule has 2 amide bonds. The highest BCUT2D eigenvalue weighted by molar-refractivity contribution is 6.03. The Morgan fingerprint density at radius 1 is 1.53 bits per heavy atom. The molecule has 0 aromatic heterocycles. The van der Waals surface area contributed by atoms with Crippen LogP contribution in [-0.4, -0.2) is 24.4 Å². The number of amides is 2. The number of anilines is 2. The molecule has 6 heteroatoms. The molecule has 1 aliphatic rings. The number of para-hydroxylation sites is 2. The van der Waals surface area contributed by atoms with Crippen molar-refractivity contribution in [2.24, 2.45) is 5.84 Å². The van der Waals surface area contributed by atoms with Crippen LogP contribution in [0.1, 0.15) is 19.8 Å². The fraction of sp³-hybridized carbons (Fsp3) is 0.385. The second-order valence-corrected chi connectivity index (χ2v) is 4.51. The van der Waals surface area contributed by atoms with Crippen LogP contribution in [0.15, 0.2) is 24.3 Å². The third-order valence-electron chi connectivity index (χ3n) is 3.18. The zero-order valence-corrected chi connectivity index (χ0v) is 10.8. The van der Waals surface area contributed by atoms with E-state index in [1.807, 2.05) is 31.2 Å². The monoisotopic (exact) mass is 262 g/mol. The topological polar surface area (TPSA) is 87.5 Å². The van der Waals surface area contributed by atoms with Crippen molar-refractivity contribution in [3.63, 3.8) is 0 Å². The van der Waals surface area contributed by atoms with Crippen molar-refractivity contribution in [2.75, 3.05) is 16.8 Å². The van der Waals surface area contributed by atoms with Gasteiger partial charge in [0, 0.05) is 0 Å². The number of nitrogens with zero attached hydrogens (tertiary/aromatic N) is 1. The summed E-state index contributed by atoms with van der Waals surface area (Å²) in [6, 6.07) is 7.01. The highest BCUT2D eigenvalue weighted by Crippen LogP contribution is 2.31. The number of rotatable bonds is 4. The number of nitrogens with one attached hydrogen (secondary N) is 2. The van der Waals surface area contributed by atoms with E-state index in [1.165, 1.54) is 0 Å². The summed E-state index contributed by atoms with van der Waals surface area (Å²) in [5.74, 6) is 4.85. The molecule has 102 valence electrons. The maximum atomic E-state index is 11.9. The molecule has 0 spiro atoms. The van der Waals surface area contributed by atoms with Gasteiger partial charge in [-0.15, -0.1) is 0 Å². The van der Waals surface area contributed by atoms with Crippen LogP contribution in [0.25, 0.3) is 0 Å². The Bertz CT molecular complexity index is 489. The first kappa shape index (κ1) is 13.4. The lowest BCUT2D eigenvalue weighted by Gasteiger charge is -2.36. The number of benzene rings is 1. The van der Waals surface area contributed by atoms with E-state index >= 15 is 0 Å². The lowest BCUT2D eigenvalue weighted by atomic mass is 10.1. The average Bonchev–Trinajstić information content (AvgIpc) is 2.43. The Labute approximate surface area is 111 Å². The van der Waals surface area contributed by atoms with Crippen LogP contribution in [-0.2, 0) is 9.59 Å².